The van der Waals surface area contributed by atoms with Crippen LogP contribution in [0.25, 0.3) is 33.2 Å². The molecule has 0 spiro atoms. The van der Waals surface area contributed by atoms with E-state index in [9.17, 15) is 9.90 Å². The van der Waals surface area contributed by atoms with Crippen molar-refractivity contribution in [3.05, 3.63) is 60.2 Å². The first-order valence-corrected chi connectivity index (χ1v) is 7.55. The van der Waals surface area contributed by atoms with Crippen molar-refractivity contribution in [2.45, 2.75) is 0 Å². The quantitative estimate of drug-likeness (QED) is 0.591. The molecule has 118 valence electrons. The van der Waals surface area contributed by atoms with E-state index in [1.807, 2.05) is 66.2 Å². The molecule has 0 amide bonds. The first kappa shape index (κ1) is 14.3. The third-order valence-corrected chi connectivity index (χ3v) is 4.33. The van der Waals surface area contributed by atoms with Gasteiger partial charge in [-0.05, 0) is 6.07 Å². The Morgan fingerprint density at radius 1 is 1.08 bits per heavy atom. The maximum absolute atomic E-state index is 11.9. The van der Waals surface area contributed by atoms with Crippen molar-refractivity contribution in [1.82, 2.24) is 9.55 Å². The monoisotopic (exact) mass is 317 g/mol. The number of rotatable bonds is 2. The molecule has 2 aromatic carbocycles. The van der Waals surface area contributed by atoms with Crippen molar-refractivity contribution >= 4 is 33.6 Å². The van der Waals surface area contributed by atoms with Gasteiger partial charge in [-0.25, -0.2) is 9.78 Å². The van der Waals surface area contributed by atoms with E-state index in [2.05, 4.69) is 4.98 Å². The zero-order chi connectivity index (χ0) is 16.8. The largest absolute Gasteiger partial charge is 0.478 e. The number of pyridine rings is 1. The number of nitrogens with zero attached hydrogens (tertiary/aromatic N) is 2. The smallest absolute Gasteiger partial charge is 0.340 e. The molecule has 2 aromatic heterocycles. The van der Waals surface area contributed by atoms with Gasteiger partial charge in [-0.1, -0.05) is 48.5 Å². The van der Waals surface area contributed by atoms with Crippen molar-refractivity contribution in [1.29, 1.82) is 0 Å². The molecule has 0 saturated heterocycles. The van der Waals surface area contributed by atoms with Gasteiger partial charge in [0.15, 0.2) is 0 Å². The lowest BCUT2D eigenvalue weighted by atomic mass is 10.0. The maximum Gasteiger partial charge on any atom is 0.340 e. The molecule has 0 aliphatic carbocycles. The lowest BCUT2D eigenvalue weighted by molar-refractivity contribution is 0.0698. The van der Waals surface area contributed by atoms with E-state index >= 15 is 0 Å². The lowest BCUT2D eigenvalue weighted by Crippen LogP contribution is -2.08. The summed E-state index contributed by atoms with van der Waals surface area (Å²) in [4.78, 5) is 16.5. The van der Waals surface area contributed by atoms with Gasteiger partial charge in [0.05, 0.1) is 22.3 Å². The van der Waals surface area contributed by atoms with Crippen molar-refractivity contribution < 1.29 is 9.90 Å². The Morgan fingerprint density at radius 2 is 1.75 bits per heavy atom. The van der Waals surface area contributed by atoms with Crippen molar-refractivity contribution in [3.8, 4) is 11.3 Å². The van der Waals surface area contributed by atoms with Gasteiger partial charge in [0, 0.05) is 18.0 Å². The number of fused-ring (bicyclic) bond motifs is 3. The van der Waals surface area contributed by atoms with Gasteiger partial charge in [-0.15, -0.1) is 0 Å². The highest BCUT2D eigenvalue weighted by Crippen LogP contribution is 2.37. The highest BCUT2D eigenvalue weighted by Gasteiger charge is 2.23. The number of para-hydroxylation sites is 1. The average molecular weight is 317 g/mol. The van der Waals surface area contributed by atoms with Crippen LogP contribution in [0.15, 0.2) is 54.6 Å². The Kier molecular flexibility index (Phi) is 3.03. The molecular weight excluding hydrogens is 302 g/mol. The lowest BCUT2D eigenvalue weighted by Gasteiger charge is -2.10. The van der Waals surface area contributed by atoms with Crippen LogP contribution in [0.1, 0.15) is 10.4 Å². The standard InChI is InChI=1S/C19H15N3O2/c1-22-13-10-6-5-9-12(13)14-16(20)15(19(23)24)17(21-18(14)22)11-7-3-2-4-8-11/h2-10H,1H3,(H2,20,21)(H,23,24). The fourth-order valence-electron chi connectivity index (χ4n) is 3.21. The maximum atomic E-state index is 11.9. The predicted octanol–water partition coefficient (Wildman–Crippen LogP) is 3.67. The summed E-state index contributed by atoms with van der Waals surface area (Å²) in [6.45, 7) is 0. The van der Waals surface area contributed by atoms with Crippen LogP contribution < -0.4 is 5.73 Å². The third-order valence-electron chi connectivity index (χ3n) is 4.33. The van der Waals surface area contributed by atoms with E-state index < -0.39 is 5.97 Å². The number of aromatic nitrogens is 2. The molecule has 2 heterocycles. The second kappa shape index (κ2) is 5.09. The van der Waals surface area contributed by atoms with Gasteiger partial charge in [-0.3, -0.25) is 0 Å². The number of nitrogen functional groups attached to an aromatic ring is 1. The molecule has 0 radical (unpaired) electrons. The van der Waals surface area contributed by atoms with Crippen LogP contribution in [0.5, 0.6) is 0 Å². The Morgan fingerprint density at radius 3 is 2.46 bits per heavy atom. The number of carboxylic acids is 1. The van der Waals surface area contributed by atoms with Crippen LogP contribution in [0, 0.1) is 0 Å². The fourth-order valence-corrected chi connectivity index (χ4v) is 3.21. The van der Waals surface area contributed by atoms with Crippen LogP contribution in [-0.4, -0.2) is 20.6 Å². The summed E-state index contributed by atoms with van der Waals surface area (Å²) in [5, 5.41) is 11.3. The first-order valence-electron chi connectivity index (χ1n) is 7.55. The van der Waals surface area contributed by atoms with Crippen LogP contribution in [-0.2, 0) is 7.05 Å². The summed E-state index contributed by atoms with van der Waals surface area (Å²) in [6.07, 6.45) is 0. The van der Waals surface area contributed by atoms with Crippen molar-refractivity contribution in [2.75, 3.05) is 5.73 Å². The molecule has 5 heteroatoms. The zero-order valence-electron chi connectivity index (χ0n) is 13.0. The molecule has 0 saturated carbocycles. The summed E-state index contributed by atoms with van der Waals surface area (Å²) in [5.41, 5.74) is 9.37. The number of carboxylic acid groups (broad SMARTS) is 1. The number of aryl methyl sites for hydroxylation is 1. The highest BCUT2D eigenvalue weighted by molar-refractivity contribution is 6.18. The molecule has 4 aromatic rings. The minimum Gasteiger partial charge on any atom is -0.478 e. The highest BCUT2D eigenvalue weighted by atomic mass is 16.4. The molecule has 0 atom stereocenters. The second-order valence-corrected chi connectivity index (χ2v) is 5.70. The molecule has 0 fully saturated rings. The van der Waals surface area contributed by atoms with E-state index in [0.29, 0.717) is 16.7 Å². The number of anilines is 1. The predicted molar refractivity (Wildman–Crippen MR) is 95.0 cm³/mol. The van der Waals surface area contributed by atoms with E-state index in [-0.39, 0.29) is 11.3 Å². The minimum absolute atomic E-state index is 0.0463. The summed E-state index contributed by atoms with van der Waals surface area (Å²) in [7, 11) is 1.91. The summed E-state index contributed by atoms with van der Waals surface area (Å²) >= 11 is 0. The molecule has 24 heavy (non-hydrogen) atoms. The number of hydrogen-bond acceptors (Lipinski definition) is 3. The topological polar surface area (TPSA) is 81.1 Å². The normalized spacial score (nSPS) is 11.2. The van der Waals surface area contributed by atoms with Crippen molar-refractivity contribution in [2.24, 2.45) is 7.05 Å². The van der Waals surface area contributed by atoms with Gasteiger partial charge in [0.1, 0.15) is 11.2 Å². The fraction of sp³-hybridized carbons (Fsp3) is 0.0526. The molecule has 5 nitrogen and oxygen atoms in total. The minimum atomic E-state index is -1.08. The van der Waals surface area contributed by atoms with Crippen LogP contribution in [0.4, 0.5) is 5.69 Å². The first-order chi connectivity index (χ1) is 11.6. The Bertz CT molecular complexity index is 1100. The number of benzene rings is 2. The molecule has 0 aliphatic heterocycles. The van der Waals surface area contributed by atoms with Gasteiger partial charge >= 0.3 is 5.97 Å². The molecule has 4 rings (SSSR count). The van der Waals surface area contributed by atoms with E-state index in [4.69, 9.17) is 5.73 Å². The Hall–Kier alpha value is -3.34. The molecule has 0 bridgehead atoms. The van der Waals surface area contributed by atoms with E-state index in [1.54, 1.807) is 0 Å². The third kappa shape index (κ3) is 1.88. The molecular formula is C19H15N3O2. The van der Waals surface area contributed by atoms with Gasteiger partial charge < -0.3 is 15.4 Å². The number of nitrogens with two attached hydrogens (primary N) is 1. The molecule has 3 N–H and O–H groups in total. The molecule has 0 aliphatic rings. The SMILES string of the molecule is Cn1c2ccccc2c2c(N)c(C(=O)O)c(-c3ccccc3)nc21. The van der Waals surface area contributed by atoms with Crippen molar-refractivity contribution in [3.63, 3.8) is 0 Å². The second-order valence-electron chi connectivity index (χ2n) is 5.70. The average Bonchev–Trinajstić information content (AvgIpc) is 2.88. The number of aromatic carboxylic acids is 1. The van der Waals surface area contributed by atoms with Crippen LogP contribution in [0.3, 0.4) is 0 Å². The Balaban J connectivity index is 2.22. The number of hydrogen-bond donors (Lipinski definition) is 2. The van der Waals surface area contributed by atoms with Gasteiger partial charge in [-0.2, -0.15) is 0 Å². The van der Waals surface area contributed by atoms with E-state index in [0.717, 1.165) is 16.5 Å². The summed E-state index contributed by atoms with van der Waals surface area (Å²) in [6, 6.07) is 17.0. The number of carbonyl (C=O) groups is 1. The molecule has 0 unspecified atom stereocenters. The zero-order valence-corrected chi connectivity index (χ0v) is 13.0. The summed E-state index contributed by atoms with van der Waals surface area (Å²) < 4.78 is 1.94. The van der Waals surface area contributed by atoms with Crippen LogP contribution in [0.2, 0.25) is 0 Å². The van der Waals surface area contributed by atoms with Crippen LogP contribution >= 0.6 is 0 Å². The van der Waals surface area contributed by atoms with Gasteiger partial charge in [0.25, 0.3) is 0 Å². The van der Waals surface area contributed by atoms with E-state index in [1.165, 1.54) is 0 Å². The Labute approximate surface area is 138 Å². The summed E-state index contributed by atoms with van der Waals surface area (Å²) in [5.74, 6) is -1.08. The van der Waals surface area contributed by atoms with Gasteiger partial charge in [0.2, 0.25) is 0 Å².